The van der Waals surface area contributed by atoms with E-state index in [2.05, 4.69) is 17.1 Å². The molecule has 1 atom stereocenters. The second-order valence-electron chi connectivity index (χ2n) is 4.93. The van der Waals surface area contributed by atoms with Gasteiger partial charge in [-0.25, -0.2) is 9.89 Å². The molecule has 2 rings (SSSR count). The summed E-state index contributed by atoms with van der Waals surface area (Å²) in [5.41, 5.74) is 0.675. The molecule has 22 heavy (non-hydrogen) atoms. The van der Waals surface area contributed by atoms with Gasteiger partial charge >= 0.3 is 5.69 Å². The number of benzene rings is 1. The van der Waals surface area contributed by atoms with Crippen molar-refractivity contribution < 1.29 is 4.92 Å². The van der Waals surface area contributed by atoms with Gasteiger partial charge in [-0.05, 0) is 18.9 Å². The van der Waals surface area contributed by atoms with E-state index in [1.807, 2.05) is 13.0 Å². The molecule has 1 heterocycles. The van der Waals surface area contributed by atoms with Crippen LogP contribution in [-0.2, 0) is 6.54 Å². The summed E-state index contributed by atoms with van der Waals surface area (Å²) in [4.78, 5) is 22.2. The molecule has 0 aliphatic carbocycles. The Morgan fingerprint density at radius 2 is 2.27 bits per heavy atom. The molecule has 0 radical (unpaired) electrons. The third-order valence-corrected chi connectivity index (χ3v) is 4.44. The first kappa shape index (κ1) is 16.3. The average molecular weight is 322 g/mol. The van der Waals surface area contributed by atoms with Crippen molar-refractivity contribution in [2.75, 3.05) is 0 Å². The van der Waals surface area contributed by atoms with Crippen molar-refractivity contribution in [3.8, 4) is 0 Å². The van der Waals surface area contributed by atoms with Gasteiger partial charge < -0.3 is 0 Å². The summed E-state index contributed by atoms with van der Waals surface area (Å²) in [6.45, 7) is 4.62. The van der Waals surface area contributed by atoms with E-state index in [1.54, 1.807) is 16.7 Å². The van der Waals surface area contributed by atoms with E-state index in [0.29, 0.717) is 11.7 Å². The topological polar surface area (TPSA) is 93.8 Å². The van der Waals surface area contributed by atoms with Crippen LogP contribution in [0.3, 0.4) is 0 Å². The summed E-state index contributed by atoms with van der Waals surface area (Å²) in [5, 5.41) is 17.9. The standard InChI is InChI=1S/C14H18N4O3S/c1-3-4-8-17-13(19)15-16-14(17)22-10(2)11-6-5-7-12(9-11)18(20)21/h5-7,9-10H,3-4,8H2,1-2H3,(H,15,19). The van der Waals surface area contributed by atoms with Crippen molar-refractivity contribution in [1.29, 1.82) is 0 Å². The van der Waals surface area contributed by atoms with E-state index in [0.717, 1.165) is 18.4 Å². The molecule has 0 amide bonds. The Balaban J connectivity index is 2.18. The molecule has 1 aromatic heterocycles. The van der Waals surface area contributed by atoms with Crippen LogP contribution in [0.1, 0.15) is 37.5 Å². The number of H-pyrrole nitrogens is 1. The number of unbranched alkanes of at least 4 members (excludes halogenated alkanes) is 1. The van der Waals surface area contributed by atoms with Crippen LogP contribution in [0.15, 0.2) is 34.2 Å². The van der Waals surface area contributed by atoms with Gasteiger partial charge in [0.25, 0.3) is 5.69 Å². The number of nitrogens with zero attached hydrogens (tertiary/aromatic N) is 3. The molecular weight excluding hydrogens is 304 g/mol. The zero-order valence-electron chi connectivity index (χ0n) is 12.5. The smallest absolute Gasteiger partial charge is 0.270 e. The van der Waals surface area contributed by atoms with Crippen LogP contribution in [0.5, 0.6) is 0 Å². The Labute approximate surface area is 131 Å². The molecule has 0 saturated carbocycles. The van der Waals surface area contributed by atoms with Gasteiger partial charge in [-0.1, -0.05) is 37.2 Å². The van der Waals surface area contributed by atoms with Crippen molar-refractivity contribution in [3.05, 3.63) is 50.4 Å². The van der Waals surface area contributed by atoms with E-state index in [4.69, 9.17) is 0 Å². The molecule has 0 aliphatic heterocycles. The lowest BCUT2D eigenvalue weighted by molar-refractivity contribution is -0.384. The van der Waals surface area contributed by atoms with Gasteiger partial charge in [0, 0.05) is 23.9 Å². The van der Waals surface area contributed by atoms with Crippen LogP contribution < -0.4 is 5.69 Å². The van der Waals surface area contributed by atoms with Crippen LogP contribution in [0.4, 0.5) is 5.69 Å². The number of hydrogen-bond donors (Lipinski definition) is 1. The fourth-order valence-corrected chi connectivity index (χ4v) is 3.02. The van der Waals surface area contributed by atoms with Crippen molar-refractivity contribution >= 4 is 17.4 Å². The average Bonchev–Trinajstić information content (AvgIpc) is 2.85. The highest BCUT2D eigenvalue weighted by atomic mass is 32.2. The van der Waals surface area contributed by atoms with Crippen LogP contribution in [0.2, 0.25) is 0 Å². The molecule has 1 unspecified atom stereocenters. The molecule has 1 N–H and O–H groups in total. The number of non-ortho nitro benzene ring substituents is 1. The van der Waals surface area contributed by atoms with Crippen molar-refractivity contribution in [2.45, 2.75) is 43.6 Å². The third kappa shape index (κ3) is 3.76. The lowest BCUT2D eigenvalue weighted by Gasteiger charge is -2.11. The van der Waals surface area contributed by atoms with Crippen LogP contribution in [0, 0.1) is 10.1 Å². The first-order chi connectivity index (χ1) is 10.5. The lowest BCUT2D eigenvalue weighted by Crippen LogP contribution is -2.17. The molecule has 0 bridgehead atoms. The third-order valence-electron chi connectivity index (χ3n) is 3.29. The van der Waals surface area contributed by atoms with E-state index < -0.39 is 4.92 Å². The summed E-state index contributed by atoms with van der Waals surface area (Å²) in [5.74, 6) is 0. The summed E-state index contributed by atoms with van der Waals surface area (Å²) in [7, 11) is 0. The predicted molar refractivity (Wildman–Crippen MR) is 85.1 cm³/mol. The fraction of sp³-hybridized carbons (Fsp3) is 0.429. The maximum atomic E-state index is 11.7. The molecule has 118 valence electrons. The van der Waals surface area contributed by atoms with Gasteiger partial charge in [0.2, 0.25) is 0 Å². The van der Waals surface area contributed by atoms with Crippen LogP contribution in [-0.4, -0.2) is 19.7 Å². The van der Waals surface area contributed by atoms with Gasteiger partial charge in [0.1, 0.15) is 0 Å². The van der Waals surface area contributed by atoms with Crippen molar-refractivity contribution in [1.82, 2.24) is 14.8 Å². The summed E-state index contributed by atoms with van der Waals surface area (Å²) < 4.78 is 1.61. The number of nitro benzene ring substituents is 1. The number of rotatable bonds is 7. The Kier molecular flexibility index (Phi) is 5.37. The molecule has 1 aromatic carbocycles. The Morgan fingerprint density at radius 3 is 2.95 bits per heavy atom. The predicted octanol–water partition coefficient (Wildman–Crippen LogP) is 3.13. The number of aromatic nitrogens is 3. The maximum Gasteiger partial charge on any atom is 0.343 e. The van der Waals surface area contributed by atoms with Gasteiger partial charge in [-0.15, -0.1) is 5.10 Å². The van der Waals surface area contributed by atoms with Crippen LogP contribution >= 0.6 is 11.8 Å². The molecule has 2 aromatic rings. The quantitative estimate of drug-likeness (QED) is 0.480. The van der Waals surface area contributed by atoms with Gasteiger partial charge in [-0.2, -0.15) is 0 Å². The molecule has 0 spiro atoms. The van der Waals surface area contributed by atoms with Crippen molar-refractivity contribution in [2.24, 2.45) is 0 Å². The van der Waals surface area contributed by atoms with Crippen molar-refractivity contribution in [3.63, 3.8) is 0 Å². The number of thioether (sulfide) groups is 1. The van der Waals surface area contributed by atoms with Gasteiger partial charge in [-0.3, -0.25) is 14.7 Å². The molecule has 7 nitrogen and oxygen atoms in total. The van der Waals surface area contributed by atoms with E-state index in [-0.39, 0.29) is 16.6 Å². The Morgan fingerprint density at radius 1 is 1.50 bits per heavy atom. The monoisotopic (exact) mass is 322 g/mol. The maximum absolute atomic E-state index is 11.7. The highest BCUT2D eigenvalue weighted by Gasteiger charge is 2.16. The number of nitrogens with one attached hydrogen (secondary N) is 1. The van der Waals surface area contributed by atoms with Gasteiger partial charge in [0.05, 0.1) is 4.92 Å². The minimum atomic E-state index is -0.410. The lowest BCUT2D eigenvalue weighted by atomic mass is 10.1. The largest absolute Gasteiger partial charge is 0.343 e. The summed E-state index contributed by atoms with van der Waals surface area (Å²) in [6, 6.07) is 6.52. The SMILES string of the molecule is CCCCn1c(SC(C)c2cccc([N+](=O)[O-])c2)n[nH]c1=O. The second-order valence-corrected chi connectivity index (χ2v) is 6.24. The minimum absolute atomic E-state index is 0.0459. The second kappa shape index (κ2) is 7.26. The Bertz CT molecular complexity index is 710. The van der Waals surface area contributed by atoms with Gasteiger partial charge in [0.15, 0.2) is 5.16 Å². The highest BCUT2D eigenvalue weighted by molar-refractivity contribution is 7.99. The Hall–Kier alpha value is -2.09. The molecule has 0 aliphatic rings. The summed E-state index contributed by atoms with van der Waals surface area (Å²) >= 11 is 1.41. The number of nitro groups is 1. The van der Waals surface area contributed by atoms with E-state index in [1.165, 1.54) is 17.8 Å². The number of aromatic amines is 1. The number of hydrogen-bond acceptors (Lipinski definition) is 5. The molecule has 0 fully saturated rings. The first-order valence-electron chi connectivity index (χ1n) is 7.09. The summed E-state index contributed by atoms with van der Waals surface area (Å²) in [6.07, 6.45) is 1.89. The van der Waals surface area contributed by atoms with E-state index in [9.17, 15) is 14.9 Å². The molecular formula is C14H18N4O3S. The molecule has 0 saturated heterocycles. The normalized spacial score (nSPS) is 12.3. The fourth-order valence-electron chi connectivity index (χ4n) is 2.02. The first-order valence-corrected chi connectivity index (χ1v) is 7.97. The zero-order chi connectivity index (χ0) is 16.1. The molecule has 8 heteroatoms. The highest BCUT2D eigenvalue weighted by Crippen LogP contribution is 2.34. The van der Waals surface area contributed by atoms with E-state index >= 15 is 0 Å². The zero-order valence-corrected chi connectivity index (χ0v) is 13.3. The minimum Gasteiger partial charge on any atom is -0.270 e. The van der Waals surface area contributed by atoms with Crippen LogP contribution in [0.25, 0.3) is 0 Å².